The summed E-state index contributed by atoms with van der Waals surface area (Å²) < 4.78 is 2.41. The Morgan fingerprint density at radius 2 is 1.44 bits per heavy atom. The van der Waals surface area contributed by atoms with Crippen LogP contribution in [0.3, 0.4) is 0 Å². The van der Waals surface area contributed by atoms with Crippen LogP contribution in [0.15, 0.2) is 68.9 Å². The van der Waals surface area contributed by atoms with Crippen LogP contribution in [0.1, 0.15) is 0 Å². The van der Waals surface area contributed by atoms with E-state index in [1.54, 1.807) is 23.9 Å². The Morgan fingerprint density at radius 1 is 0.963 bits per heavy atom. The summed E-state index contributed by atoms with van der Waals surface area (Å²) in [6.07, 6.45) is 4.67. The van der Waals surface area contributed by atoms with Crippen molar-refractivity contribution in [2.75, 3.05) is 11.6 Å². The molecule has 27 heavy (non-hydrogen) atoms. The monoisotopic (exact) mass is 388 g/mol. The van der Waals surface area contributed by atoms with E-state index in [1.807, 2.05) is 18.4 Å². The van der Waals surface area contributed by atoms with E-state index in [4.69, 9.17) is 0 Å². The van der Waals surface area contributed by atoms with E-state index >= 15 is 0 Å². The van der Waals surface area contributed by atoms with Crippen molar-refractivity contribution >= 4 is 23.4 Å². The van der Waals surface area contributed by atoms with Gasteiger partial charge in [-0.05, 0) is 30.5 Å². The van der Waals surface area contributed by atoms with Gasteiger partial charge in [-0.15, -0.1) is 24.9 Å². The molecular weight excluding hydrogens is 368 g/mol. The number of anilines is 1. The maximum Gasteiger partial charge on any atom is 0.337 e. The first-order valence-electron chi connectivity index (χ1n) is 8.03. The van der Waals surface area contributed by atoms with Gasteiger partial charge in [-0.1, -0.05) is 12.2 Å². The fourth-order valence-electron chi connectivity index (χ4n) is 2.41. The predicted octanol–water partition coefficient (Wildman–Crippen LogP) is 0.904. The Kier molecular flexibility index (Phi) is 6.78. The molecule has 1 N–H and O–H groups in total. The lowest BCUT2D eigenvalue weighted by Crippen LogP contribution is -2.55. The molecule has 0 spiro atoms. The van der Waals surface area contributed by atoms with E-state index in [0.717, 1.165) is 18.6 Å². The fourth-order valence-corrected chi connectivity index (χ4v) is 2.82. The highest BCUT2D eigenvalue weighted by molar-refractivity contribution is 7.98. The van der Waals surface area contributed by atoms with E-state index in [-0.39, 0.29) is 13.1 Å². The van der Waals surface area contributed by atoms with Crippen LogP contribution < -0.4 is 22.4 Å². The molecule has 0 radical (unpaired) electrons. The number of carbonyl (C=O) groups excluding carboxylic acids is 1. The lowest BCUT2D eigenvalue weighted by Gasteiger charge is -2.12. The van der Waals surface area contributed by atoms with Crippen molar-refractivity contribution in [1.29, 1.82) is 0 Å². The first-order chi connectivity index (χ1) is 12.9. The fraction of sp³-hybridized carbons (Fsp3) is 0.222. The van der Waals surface area contributed by atoms with E-state index in [9.17, 15) is 19.2 Å². The lowest BCUT2D eigenvalue weighted by molar-refractivity contribution is -0.116. The molecule has 0 unspecified atom stereocenters. The number of rotatable bonds is 8. The average molecular weight is 388 g/mol. The van der Waals surface area contributed by atoms with Crippen molar-refractivity contribution in [2.45, 2.75) is 24.5 Å². The van der Waals surface area contributed by atoms with Gasteiger partial charge in [0.1, 0.15) is 6.54 Å². The smallest absolute Gasteiger partial charge is 0.325 e. The molecule has 1 heterocycles. The Labute approximate surface area is 159 Å². The van der Waals surface area contributed by atoms with Crippen LogP contribution in [0.25, 0.3) is 0 Å². The third-order valence-corrected chi connectivity index (χ3v) is 4.43. The first kappa shape index (κ1) is 20.2. The van der Waals surface area contributed by atoms with Gasteiger partial charge >= 0.3 is 17.1 Å². The summed E-state index contributed by atoms with van der Waals surface area (Å²) in [4.78, 5) is 50.6. The van der Waals surface area contributed by atoms with Crippen molar-refractivity contribution in [3.05, 3.63) is 81.0 Å². The molecule has 0 aliphatic heterocycles. The van der Waals surface area contributed by atoms with E-state index < -0.39 is 29.5 Å². The van der Waals surface area contributed by atoms with Crippen molar-refractivity contribution in [3.63, 3.8) is 0 Å². The molecule has 9 heteroatoms. The predicted molar refractivity (Wildman–Crippen MR) is 106 cm³/mol. The number of thioether (sulfide) groups is 1. The minimum absolute atomic E-state index is 0.0765. The molecular formula is C18H20N4O4S. The quantitative estimate of drug-likeness (QED) is 0.536. The third-order valence-electron chi connectivity index (χ3n) is 3.68. The molecule has 2 aromatic rings. The maximum absolute atomic E-state index is 12.5. The van der Waals surface area contributed by atoms with Crippen LogP contribution in [0.4, 0.5) is 5.69 Å². The van der Waals surface area contributed by atoms with E-state index in [0.29, 0.717) is 5.69 Å². The van der Waals surface area contributed by atoms with Gasteiger partial charge in [-0.2, -0.15) is 0 Å². The summed E-state index contributed by atoms with van der Waals surface area (Å²) in [6.45, 7) is 6.33. The number of carbonyl (C=O) groups is 1. The second-order valence-corrected chi connectivity index (χ2v) is 6.39. The van der Waals surface area contributed by atoms with Gasteiger partial charge in [0, 0.05) is 10.6 Å². The Hall–Kier alpha value is -3.07. The van der Waals surface area contributed by atoms with Crippen LogP contribution in [0.5, 0.6) is 0 Å². The summed E-state index contributed by atoms with van der Waals surface area (Å²) >= 11 is 1.57. The molecule has 0 saturated heterocycles. The summed E-state index contributed by atoms with van der Waals surface area (Å²) in [6, 6.07) is 7.13. The SMILES string of the molecule is C=CCn1c(=O)n(CC=C)c(=O)n(CC(=O)Nc2ccc(SC)cc2)c1=O. The molecule has 0 saturated carbocycles. The number of hydrogen-bond donors (Lipinski definition) is 1. The topological polar surface area (TPSA) is 95.1 Å². The van der Waals surface area contributed by atoms with Crippen molar-refractivity contribution in [2.24, 2.45) is 0 Å². The Morgan fingerprint density at radius 3 is 1.89 bits per heavy atom. The highest BCUT2D eigenvalue weighted by Crippen LogP contribution is 2.17. The summed E-state index contributed by atoms with van der Waals surface area (Å²) in [5.74, 6) is -0.556. The minimum atomic E-state index is -0.863. The molecule has 0 fully saturated rings. The molecule has 0 aliphatic carbocycles. The van der Waals surface area contributed by atoms with Crippen LogP contribution in [0, 0.1) is 0 Å². The average Bonchev–Trinajstić information content (AvgIpc) is 2.66. The molecule has 1 aromatic heterocycles. The number of amides is 1. The van der Waals surface area contributed by atoms with Crippen molar-refractivity contribution in [3.8, 4) is 0 Å². The van der Waals surface area contributed by atoms with Crippen LogP contribution >= 0.6 is 11.8 Å². The zero-order valence-corrected chi connectivity index (χ0v) is 15.7. The van der Waals surface area contributed by atoms with Gasteiger partial charge in [0.25, 0.3) is 0 Å². The largest absolute Gasteiger partial charge is 0.337 e. The van der Waals surface area contributed by atoms with Gasteiger partial charge in [0.05, 0.1) is 13.1 Å². The highest BCUT2D eigenvalue weighted by Gasteiger charge is 2.16. The Bertz CT molecular complexity index is 983. The first-order valence-corrected chi connectivity index (χ1v) is 9.25. The van der Waals surface area contributed by atoms with Gasteiger partial charge in [0.2, 0.25) is 5.91 Å². The zero-order valence-electron chi connectivity index (χ0n) is 14.9. The Balaban J connectivity index is 2.38. The summed E-state index contributed by atoms with van der Waals surface area (Å²) in [7, 11) is 0. The number of allylic oxidation sites excluding steroid dienone is 2. The molecule has 142 valence electrons. The highest BCUT2D eigenvalue weighted by atomic mass is 32.2. The molecule has 0 aliphatic rings. The second-order valence-electron chi connectivity index (χ2n) is 5.51. The van der Waals surface area contributed by atoms with Crippen molar-refractivity contribution in [1.82, 2.24) is 13.7 Å². The molecule has 1 aromatic carbocycles. The van der Waals surface area contributed by atoms with Crippen molar-refractivity contribution < 1.29 is 4.79 Å². The normalized spacial score (nSPS) is 10.4. The van der Waals surface area contributed by atoms with Gasteiger partial charge in [-0.25, -0.2) is 28.1 Å². The number of aromatic nitrogens is 3. The van der Waals surface area contributed by atoms with E-state index in [2.05, 4.69) is 18.5 Å². The van der Waals surface area contributed by atoms with Gasteiger partial charge in [0.15, 0.2) is 0 Å². The van der Waals surface area contributed by atoms with E-state index in [1.165, 1.54) is 12.2 Å². The molecule has 0 atom stereocenters. The third kappa shape index (κ3) is 4.56. The molecule has 0 bridgehead atoms. The lowest BCUT2D eigenvalue weighted by atomic mass is 10.3. The summed E-state index contributed by atoms with van der Waals surface area (Å²) in [5, 5.41) is 2.63. The van der Waals surface area contributed by atoms with Gasteiger partial charge in [-0.3, -0.25) is 4.79 Å². The molecule has 1 amide bonds. The summed E-state index contributed by atoms with van der Waals surface area (Å²) in [5.41, 5.74) is -1.96. The van der Waals surface area contributed by atoms with Crippen LogP contribution in [-0.2, 0) is 24.4 Å². The number of hydrogen-bond acceptors (Lipinski definition) is 5. The molecule has 2 rings (SSSR count). The van der Waals surface area contributed by atoms with Crippen LogP contribution in [-0.4, -0.2) is 25.9 Å². The minimum Gasteiger partial charge on any atom is -0.325 e. The number of benzene rings is 1. The molecule has 8 nitrogen and oxygen atoms in total. The second kappa shape index (κ2) is 9.04. The maximum atomic E-state index is 12.5. The standard InChI is InChI=1S/C18H20N4O4S/c1-4-10-20-16(24)21(11-5-2)18(26)22(17(20)25)12-15(23)19-13-6-8-14(27-3)9-7-13/h4-9H,1-2,10-12H2,3H3,(H,19,23). The van der Waals surface area contributed by atoms with Crippen LogP contribution in [0.2, 0.25) is 0 Å². The van der Waals surface area contributed by atoms with Gasteiger partial charge < -0.3 is 5.32 Å². The zero-order chi connectivity index (χ0) is 20.0. The number of nitrogens with one attached hydrogen (secondary N) is 1. The number of nitrogens with zero attached hydrogens (tertiary/aromatic N) is 3.